The number of carbonyl (C=O) groups is 1. The molecule has 0 aliphatic rings. The van der Waals surface area contributed by atoms with E-state index >= 15 is 0 Å². The predicted molar refractivity (Wildman–Crippen MR) is 60.3 cm³/mol. The Morgan fingerprint density at radius 1 is 1.33 bits per heavy atom. The maximum atomic E-state index is 11.2. The molecule has 1 rings (SSSR count). The third-order valence-corrected chi connectivity index (χ3v) is 1.91. The van der Waals surface area contributed by atoms with Crippen molar-refractivity contribution in [3.05, 3.63) is 61.2 Å². The molecule has 2 heteroatoms. The SMILES string of the molecule is C=CCC(=O)OC(C=C)c1ccccc1. The second-order valence-electron chi connectivity index (χ2n) is 3.05. The molecule has 0 bridgehead atoms. The standard InChI is InChI=1S/C13H14O2/c1-3-8-13(14)15-12(4-2)11-9-6-5-7-10-11/h3-7,9-10,12H,1-2,8H2. The number of carbonyl (C=O) groups excluding carboxylic acids is 1. The minimum atomic E-state index is -0.376. The van der Waals surface area contributed by atoms with Crippen LogP contribution in [0.15, 0.2) is 55.6 Å². The summed E-state index contributed by atoms with van der Waals surface area (Å²) < 4.78 is 5.20. The molecule has 0 heterocycles. The summed E-state index contributed by atoms with van der Waals surface area (Å²) in [4.78, 5) is 11.2. The highest BCUT2D eigenvalue weighted by Gasteiger charge is 2.11. The molecular formula is C13H14O2. The van der Waals surface area contributed by atoms with E-state index in [1.807, 2.05) is 30.3 Å². The lowest BCUT2D eigenvalue weighted by Crippen LogP contribution is -2.08. The van der Waals surface area contributed by atoms with Crippen LogP contribution in [0.5, 0.6) is 0 Å². The average Bonchev–Trinajstić information content (AvgIpc) is 2.27. The summed E-state index contributed by atoms with van der Waals surface area (Å²) >= 11 is 0. The Labute approximate surface area is 89.9 Å². The lowest BCUT2D eigenvalue weighted by atomic mass is 10.1. The Balaban J connectivity index is 2.68. The molecule has 1 atom stereocenters. The largest absolute Gasteiger partial charge is 0.453 e. The van der Waals surface area contributed by atoms with Crippen LogP contribution in [0.25, 0.3) is 0 Å². The van der Waals surface area contributed by atoms with Crippen molar-refractivity contribution in [2.45, 2.75) is 12.5 Å². The molecule has 0 saturated carbocycles. The number of benzene rings is 1. The van der Waals surface area contributed by atoms with E-state index in [0.29, 0.717) is 0 Å². The number of hydrogen-bond donors (Lipinski definition) is 0. The van der Waals surface area contributed by atoms with Gasteiger partial charge in [-0.05, 0) is 11.6 Å². The Bertz CT molecular complexity index is 341. The van der Waals surface area contributed by atoms with E-state index in [1.54, 1.807) is 6.08 Å². The molecule has 1 aromatic rings. The van der Waals surface area contributed by atoms with Crippen molar-refractivity contribution in [3.63, 3.8) is 0 Å². The molecule has 1 unspecified atom stereocenters. The fourth-order valence-electron chi connectivity index (χ4n) is 1.20. The highest BCUT2D eigenvalue weighted by molar-refractivity contribution is 5.71. The first-order valence-electron chi connectivity index (χ1n) is 4.75. The van der Waals surface area contributed by atoms with Gasteiger partial charge in [-0.1, -0.05) is 43.0 Å². The molecule has 0 fully saturated rings. The van der Waals surface area contributed by atoms with E-state index in [1.165, 1.54) is 6.08 Å². The Morgan fingerprint density at radius 2 is 2.00 bits per heavy atom. The predicted octanol–water partition coefficient (Wildman–Crippen LogP) is 3.03. The van der Waals surface area contributed by atoms with E-state index in [2.05, 4.69) is 13.2 Å². The van der Waals surface area contributed by atoms with Crippen LogP contribution in [-0.4, -0.2) is 5.97 Å². The maximum Gasteiger partial charge on any atom is 0.310 e. The first-order valence-corrected chi connectivity index (χ1v) is 4.75. The van der Waals surface area contributed by atoms with Crippen LogP contribution in [0.2, 0.25) is 0 Å². The van der Waals surface area contributed by atoms with E-state index in [0.717, 1.165) is 5.56 Å². The van der Waals surface area contributed by atoms with Gasteiger partial charge in [-0.3, -0.25) is 4.79 Å². The lowest BCUT2D eigenvalue weighted by molar-refractivity contribution is -0.146. The molecule has 0 aromatic heterocycles. The van der Waals surface area contributed by atoms with E-state index in [-0.39, 0.29) is 18.5 Å². The first kappa shape index (κ1) is 11.2. The zero-order chi connectivity index (χ0) is 11.1. The average molecular weight is 202 g/mol. The zero-order valence-corrected chi connectivity index (χ0v) is 8.56. The summed E-state index contributed by atoms with van der Waals surface area (Å²) in [7, 11) is 0. The van der Waals surface area contributed by atoms with Gasteiger partial charge < -0.3 is 4.74 Å². The summed E-state index contributed by atoms with van der Waals surface area (Å²) in [5.41, 5.74) is 0.921. The molecule has 0 N–H and O–H groups in total. The molecule has 1 aromatic carbocycles. The summed E-state index contributed by atoms with van der Waals surface area (Å²) in [6.07, 6.45) is 2.97. The highest BCUT2D eigenvalue weighted by atomic mass is 16.5. The van der Waals surface area contributed by atoms with Gasteiger partial charge in [0.05, 0.1) is 6.42 Å². The van der Waals surface area contributed by atoms with Crippen molar-refractivity contribution in [3.8, 4) is 0 Å². The second kappa shape index (κ2) is 5.81. The Kier molecular flexibility index (Phi) is 4.35. The van der Waals surface area contributed by atoms with Gasteiger partial charge in [0.1, 0.15) is 6.10 Å². The van der Waals surface area contributed by atoms with Crippen molar-refractivity contribution in [2.24, 2.45) is 0 Å². The van der Waals surface area contributed by atoms with Crippen LogP contribution >= 0.6 is 0 Å². The van der Waals surface area contributed by atoms with Crippen LogP contribution in [0.3, 0.4) is 0 Å². The van der Waals surface area contributed by atoms with Gasteiger partial charge in [0.2, 0.25) is 0 Å². The normalized spacial score (nSPS) is 11.5. The van der Waals surface area contributed by atoms with Gasteiger partial charge in [0.15, 0.2) is 0 Å². The van der Waals surface area contributed by atoms with Crippen molar-refractivity contribution in [1.82, 2.24) is 0 Å². The molecule has 15 heavy (non-hydrogen) atoms. The molecule has 78 valence electrons. The molecule has 0 amide bonds. The molecule has 0 spiro atoms. The van der Waals surface area contributed by atoms with Crippen molar-refractivity contribution < 1.29 is 9.53 Å². The summed E-state index contributed by atoms with van der Waals surface area (Å²) in [6, 6.07) is 9.50. The van der Waals surface area contributed by atoms with Gasteiger partial charge >= 0.3 is 5.97 Å². The summed E-state index contributed by atoms with van der Waals surface area (Å²) in [5.74, 6) is -0.293. The third kappa shape index (κ3) is 3.43. The minimum Gasteiger partial charge on any atom is -0.453 e. The summed E-state index contributed by atoms with van der Waals surface area (Å²) in [6.45, 7) is 7.13. The fourth-order valence-corrected chi connectivity index (χ4v) is 1.20. The van der Waals surface area contributed by atoms with E-state index in [9.17, 15) is 4.79 Å². The van der Waals surface area contributed by atoms with Gasteiger partial charge in [-0.25, -0.2) is 0 Å². The van der Waals surface area contributed by atoms with Crippen molar-refractivity contribution in [1.29, 1.82) is 0 Å². The van der Waals surface area contributed by atoms with Gasteiger partial charge in [-0.15, -0.1) is 6.58 Å². The fraction of sp³-hybridized carbons (Fsp3) is 0.154. The molecule has 2 nitrogen and oxygen atoms in total. The third-order valence-electron chi connectivity index (χ3n) is 1.91. The van der Waals surface area contributed by atoms with Gasteiger partial charge in [-0.2, -0.15) is 0 Å². The smallest absolute Gasteiger partial charge is 0.310 e. The van der Waals surface area contributed by atoms with Crippen LogP contribution < -0.4 is 0 Å². The topological polar surface area (TPSA) is 26.3 Å². The molecule has 0 radical (unpaired) electrons. The number of rotatable bonds is 5. The maximum absolute atomic E-state index is 11.2. The Hall–Kier alpha value is -1.83. The zero-order valence-electron chi connectivity index (χ0n) is 8.56. The number of hydrogen-bond acceptors (Lipinski definition) is 2. The summed E-state index contributed by atoms with van der Waals surface area (Å²) in [5, 5.41) is 0. The van der Waals surface area contributed by atoms with Crippen LogP contribution in [0, 0.1) is 0 Å². The van der Waals surface area contributed by atoms with Crippen molar-refractivity contribution >= 4 is 5.97 Å². The van der Waals surface area contributed by atoms with Crippen LogP contribution in [0.1, 0.15) is 18.1 Å². The van der Waals surface area contributed by atoms with Crippen LogP contribution in [-0.2, 0) is 9.53 Å². The van der Waals surface area contributed by atoms with Crippen LogP contribution in [0.4, 0.5) is 0 Å². The van der Waals surface area contributed by atoms with Gasteiger partial charge in [0.25, 0.3) is 0 Å². The Morgan fingerprint density at radius 3 is 2.53 bits per heavy atom. The molecule has 0 aliphatic heterocycles. The molecular weight excluding hydrogens is 188 g/mol. The lowest BCUT2D eigenvalue weighted by Gasteiger charge is -2.13. The quantitative estimate of drug-likeness (QED) is 0.542. The van der Waals surface area contributed by atoms with E-state index < -0.39 is 0 Å². The minimum absolute atomic E-state index is 0.219. The van der Waals surface area contributed by atoms with Gasteiger partial charge in [0, 0.05) is 0 Å². The van der Waals surface area contributed by atoms with E-state index in [4.69, 9.17) is 4.74 Å². The monoisotopic (exact) mass is 202 g/mol. The molecule has 0 aliphatic carbocycles. The first-order chi connectivity index (χ1) is 7.27. The van der Waals surface area contributed by atoms with Crippen molar-refractivity contribution in [2.75, 3.05) is 0 Å². The second-order valence-corrected chi connectivity index (χ2v) is 3.05. The highest BCUT2D eigenvalue weighted by Crippen LogP contribution is 2.18. The molecule has 0 saturated heterocycles. The number of ether oxygens (including phenoxy) is 1. The number of esters is 1.